The second-order valence-electron chi connectivity index (χ2n) is 7.74. The van der Waals surface area contributed by atoms with Crippen molar-refractivity contribution in [1.29, 1.82) is 0 Å². The van der Waals surface area contributed by atoms with Gasteiger partial charge in [0.1, 0.15) is 5.75 Å². The number of carbonyl (C=O) groups excluding carboxylic acids is 1. The Hall–Kier alpha value is -2.77. The largest absolute Gasteiger partial charge is 0.497 e. The molecule has 0 radical (unpaired) electrons. The molecule has 1 fully saturated rings. The Bertz CT molecular complexity index is 848. The Morgan fingerprint density at radius 3 is 2.16 bits per heavy atom. The van der Waals surface area contributed by atoms with E-state index < -0.39 is 0 Å². The van der Waals surface area contributed by atoms with Crippen molar-refractivity contribution in [2.45, 2.75) is 26.1 Å². The van der Waals surface area contributed by atoms with E-state index >= 15 is 0 Å². The average Bonchev–Trinajstić information content (AvgIpc) is 2.82. The fourth-order valence-electron chi connectivity index (χ4n) is 3.79. The Labute approximate surface area is 184 Å². The number of hydrogen-bond donors (Lipinski definition) is 1. The molecule has 1 aliphatic heterocycles. The van der Waals surface area contributed by atoms with Gasteiger partial charge in [-0.2, -0.15) is 0 Å². The predicted octanol–water partition coefficient (Wildman–Crippen LogP) is 2.53. The number of methoxy groups -OCH3 is 3. The summed E-state index contributed by atoms with van der Waals surface area (Å²) in [5.74, 6) is 2.37. The molecule has 0 bridgehead atoms. The minimum atomic E-state index is -0.151. The van der Waals surface area contributed by atoms with E-state index in [4.69, 9.17) is 14.2 Å². The van der Waals surface area contributed by atoms with Crippen LogP contribution in [0.15, 0.2) is 42.5 Å². The Kier molecular flexibility index (Phi) is 8.14. The molecule has 1 amide bonds. The second kappa shape index (κ2) is 11.0. The third kappa shape index (κ3) is 6.12. The van der Waals surface area contributed by atoms with Crippen LogP contribution in [-0.2, 0) is 17.9 Å². The molecule has 2 aromatic carbocycles. The summed E-state index contributed by atoms with van der Waals surface area (Å²) in [6.45, 7) is 6.93. The summed E-state index contributed by atoms with van der Waals surface area (Å²) in [5, 5.41) is 3.05. The molecule has 31 heavy (non-hydrogen) atoms. The molecule has 1 N–H and O–H groups in total. The molecule has 1 saturated heterocycles. The summed E-state index contributed by atoms with van der Waals surface area (Å²) < 4.78 is 15.9. The number of amides is 1. The SMILES string of the molecule is COc1ccc(CNC(=O)[C@@H](C)N2CCN(Cc3ccc(OC)c(OC)c3)CC2)cc1. The van der Waals surface area contributed by atoms with E-state index in [1.54, 1.807) is 21.3 Å². The van der Waals surface area contributed by atoms with Crippen molar-refractivity contribution in [2.24, 2.45) is 0 Å². The molecule has 1 atom stereocenters. The van der Waals surface area contributed by atoms with Gasteiger partial charge in [-0.05, 0) is 42.3 Å². The van der Waals surface area contributed by atoms with Crippen LogP contribution in [0.5, 0.6) is 17.2 Å². The average molecular weight is 428 g/mol. The summed E-state index contributed by atoms with van der Waals surface area (Å²) >= 11 is 0. The highest BCUT2D eigenvalue weighted by Gasteiger charge is 2.25. The molecule has 0 spiro atoms. The van der Waals surface area contributed by atoms with E-state index in [-0.39, 0.29) is 11.9 Å². The highest BCUT2D eigenvalue weighted by molar-refractivity contribution is 5.81. The maximum atomic E-state index is 12.6. The minimum Gasteiger partial charge on any atom is -0.497 e. The first-order valence-electron chi connectivity index (χ1n) is 10.6. The van der Waals surface area contributed by atoms with Gasteiger partial charge in [0.2, 0.25) is 5.91 Å². The molecule has 168 valence electrons. The smallest absolute Gasteiger partial charge is 0.237 e. The Morgan fingerprint density at radius 2 is 1.55 bits per heavy atom. The molecular formula is C24H33N3O4. The Morgan fingerprint density at radius 1 is 0.903 bits per heavy atom. The molecule has 0 unspecified atom stereocenters. The first-order chi connectivity index (χ1) is 15.0. The van der Waals surface area contributed by atoms with E-state index in [0.29, 0.717) is 6.54 Å². The summed E-state index contributed by atoms with van der Waals surface area (Å²) in [7, 11) is 4.94. The number of nitrogens with one attached hydrogen (secondary N) is 1. The highest BCUT2D eigenvalue weighted by Crippen LogP contribution is 2.28. The number of benzene rings is 2. The maximum absolute atomic E-state index is 12.6. The van der Waals surface area contributed by atoms with Crippen LogP contribution >= 0.6 is 0 Å². The number of piperazine rings is 1. The number of nitrogens with zero attached hydrogens (tertiary/aromatic N) is 2. The lowest BCUT2D eigenvalue weighted by Crippen LogP contribution is -2.53. The molecule has 0 aliphatic carbocycles. The zero-order valence-corrected chi connectivity index (χ0v) is 18.9. The van der Waals surface area contributed by atoms with Crippen LogP contribution in [0.2, 0.25) is 0 Å². The molecule has 3 rings (SSSR count). The summed E-state index contributed by atoms with van der Waals surface area (Å²) in [5.41, 5.74) is 2.25. The summed E-state index contributed by atoms with van der Waals surface area (Å²) in [6, 6.07) is 13.6. The van der Waals surface area contributed by atoms with Crippen LogP contribution < -0.4 is 19.5 Å². The fourth-order valence-corrected chi connectivity index (χ4v) is 3.79. The van der Waals surface area contributed by atoms with Gasteiger partial charge in [0.25, 0.3) is 0 Å². The van der Waals surface area contributed by atoms with Crippen LogP contribution in [0.3, 0.4) is 0 Å². The van der Waals surface area contributed by atoms with Crippen molar-refractivity contribution >= 4 is 5.91 Å². The van der Waals surface area contributed by atoms with Gasteiger partial charge in [-0.25, -0.2) is 0 Å². The van der Waals surface area contributed by atoms with Crippen molar-refractivity contribution in [2.75, 3.05) is 47.5 Å². The molecule has 2 aromatic rings. The lowest BCUT2D eigenvalue weighted by molar-refractivity contribution is -0.126. The van der Waals surface area contributed by atoms with Gasteiger partial charge in [-0.15, -0.1) is 0 Å². The highest BCUT2D eigenvalue weighted by atomic mass is 16.5. The van der Waals surface area contributed by atoms with Gasteiger partial charge in [-0.3, -0.25) is 14.6 Å². The van der Waals surface area contributed by atoms with E-state index in [1.165, 1.54) is 5.56 Å². The minimum absolute atomic E-state index is 0.0594. The standard InChI is InChI=1S/C24H33N3O4/c1-18(24(28)25-16-19-5-8-21(29-2)9-6-19)27-13-11-26(12-14-27)17-20-7-10-22(30-3)23(15-20)31-4/h5-10,15,18H,11-14,16-17H2,1-4H3,(H,25,28)/t18-/m1/s1. The van der Waals surface area contributed by atoms with Crippen molar-refractivity contribution < 1.29 is 19.0 Å². The van der Waals surface area contributed by atoms with E-state index in [2.05, 4.69) is 21.2 Å². The molecule has 1 aliphatic rings. The van der Waals surface area contributed by atoms with Crippen LogP contribution in [0, 0.1) is 0 Å². The van der Waals surface area contributed by atoms with Crippen LogP contribution in [-0.4, -0.2) is 69.3 Å². The van der Waals surface area contributed by atoms with Crippen molar-refractivity contribution in [3.05, 3.63) is 53.6 Å². The topological polar surface area (TPSA) is 63.3 Å². The monoisotopic (exact) mass is 427 g/mol. The van der Waals surface area contributed by atoms with Gasteiger partial charge < -0.3 is 19.5 Å². The van der Waals surface area contributed by atoms with Crippen LogP contribution in [0.4, 0.5) is 0 Å². The molecule has 0 saturated carbocycles. The van der Waals surface area contributed by atoms with Crippen LogP contribution in [0.25, 0.3) is 0 Å². The molecule has 7 heteroatoms. The number of hydrogen-bond acceptors (Lipinski definition) is 6. The zero-order chi connectivity index (χ0) is 22.2. The van der Waals surface area contributed by atoms with E-state index in [0.717, 1.165) is 55.5 Å². The summed E-state index contributed by atoms with van der Waals surface area (Å²) in [4.78, 5) is 17.3. The van der Waals surface area contributed by atoms with Gasteiger partial charge in [0.15, 0.2) is 11.5 Å². The molecule has 7 nitrogen and oxygen atoms in total. The second-order valence-corrected chi connectivity index (χ2v) is 7.74. The Balaban J connectivity index is 1.45. The molecule has 0 aromatic heterocycles. The first kappa shape index (κ1) is 22.9. The lowest BCUT2D eigenvalue weighted by Gasteiger charge is -2.37. The molecule has 1 heterocycles. The van der Waals surface area contributed by atoms with Crippen molar-refractivity contribution in [3.63, 3.8) is 0 Å². The van der Waals surface area contributed by atoms with Gasteiger partial charge in [0, 0.05) is 39.3 Å². The normalized spacial score (nSPS) is 15.9. The van der Waals surface area contributed by atoms with E-state index in [9.17, 15) is 4.79 Å². The third-order valence-corrected chi connectivity index (χ3v) is 5.81. The molecular weight excluding hydrogens is 394 g/mol. The maximum Gasteiger partial charge on any atom is 0.237 e. The predicted molar refractivity (Wildman–Crippen MR) is 121 cm³/mol. The van der Waals surface area contributed by atoms with Gasteiger partial charge in [0.05, 0.1) is 27.4 Å². The van der Waals surface area contributed by atoms with Gasteiger partial charge >= 0.3 is 0 Å². The van der Waals surface area contributed by atoms with Crippen molar-refractivity contribution in [3.8, 4) is 17.2 Å². The lowest BCUT2D eigenvalue weighted by atomic mass is 10.1. The number of rotatable bonds is 9. The zero-order valence-electron chi connectivity index (χ0n) is 18.9. The quantitative estimate of drug-likeness (QED) is 0.664. The summed E-state index contributed by atoms with van der Waals surface area (Å²) in [6.07, 6.45) is 0. The number of ether oxygens (including phenoxy) is 3. The fraction of sp³-hybridized carbons (Fsp3) is 0.458. The first-order valence-corrected chi connectivity index (χ1v) is 10.6. The van der Waals surface area contributed by atoms with Crippen LogP contribution in [0.1, 0.15) is 18.1 Å². The number of carbonyl (C=O) groups is 1. The third-order valence-electron chi connectivity index (χ3n) is 5.81. The van der Waals surface area contributed by atoms with Crippen molar-refractivity contribution in [1.82, 2.24) is 15.1 Å². The van der Waals surface area contributed by atoms with E-state index in [1.807, 2.05) is 43.3 Å². The van der Waals surface area contributed by atoms with Gasteiger partial charge in [-0.1, -0.05) is 18.2 Å².